The Balaban J connectivity index is 1.77. The molecule has 16 heteroatoms. The Hall–Kier alpha value is -8.14. The van der Waals surface area contributed by atoms with Crippen LogP contribution in [0.5, 0.6) is 46.0 Å². The molecule has 0 radical (unpaired) electrons. The van der Waals surface area contributed by atoms with E-state index in [0.717, 1.165) is 22.3 Å². The van der Waals surface area contributed by atoms with Gasteiger partial charge in [0, 0.05) is 55.4 Å². The molecule has 0 aliphatic rings. The summed E-state index contributed by atoms with van der Waals surface area (Å²) in [7, 11) is 0. The Morgan fingerprint density at radius 1 is 0.273 bits per heavy atom. The van der Waals surface area contributed by atoms with E-state index in [4.69, 9.17) is 37.9 Å². The predicted molar refractivity (Wildman–Crippen MR) is 234 cm³/mol. The van der Waals surface area contributed by atoms with Gasteiger partial charge in [0.05, 0.1) is 0 Å². The zero-order valence-corrected chi connectivity index (χ0v) is 37.4. The van der Waals surface area contributed by atoms with Crippen molar-refractivity contribution >= 4 is 47.8 Å². The fraction of sp³-hybridized carbons (Fsp3) is 0.240. The van der Waals surface area contributed by atoms with Crippen molar-refractivity contribution in [3.05, 3.63) is 129 Å². The lowest BCUT2D eigenvalue weighted by Crippen LogP contribution is -2.10. The van der Waals surface area contributed by atoms with E-state index in [1.54, 1.807) is 48.5 Å². The first kappa shape index (κ1) is 48.9. The third-order valence-corrected chi connectivity index (χ3v) is 9.13. The number of carbonyl (C=O) groups excluding carboxylic acids is 8. The summed E-state index contributed by atoms with van der Waals surface area (Å²) in [5.74, 6) is -4.86. The number of rotatable bonds is 16. The molecule has 16 nitrogen and oxygen atoms in total. The van der Waals surface area contributed by atoms with Crippen LogP contribution in [0.3, 0.4) is 0 Å². The van der Waals surface area contributed by atoms with Gasteiger partial charge in [-0.25, -0.2) is 0 Å². The summed E-state index contributed by atoms with van der Waals surface area (Å²) in [6.45, 7) is 9.74. The number of ether oxygens (including phenoxy) is 8. The fourth-order valence-corrected chi connectivity index (χ4v) is 6.94. The minimum atomic E-state index is -0.648. The normalized spacial score (nSPS) is 10.5. The Morgan fingerprint density at radius 2 is 0.500 bits per heavy atom. The molecule has 0 heterocycles. The average molecular weight is 903 g/mol. The van der Waals surface area contributed by atoms with Crippen LogP contribution in [-0.2, 0) is 64.0 Å². The van der Waals surface area contributed by atoms with Crippen LogP contribution in [0.15, 0.2) is 84.9 Å². The third kappa shape index (κ3) is 14.5. The molecule has 5 aromatic carbocycles. The Bertz CT molecular complexity index is 2640. The summed E-state index contributed by atoms with van der Waals surface area (Å²) >= 11 is 0. The van der Waals surface area contributed by atoms with Crippen LogP contribution in [-0.4, -0.2) is 47.8 Å². The minimum absolute atomic E-state index is 0.00914. The molecule has 0 spiro atoms. The number of hydrogen-bond acceptors (Lipinski definition) is 16. The highest BCUT2D eigenvalue weighted by molar-refractivity contribution is 5.76. The standard InChI is InChI=1S/C50H46O16/c1-27(51)59-43-13-9-35(23-47(43)63-31(5)55)17-39-20-40(18-36-10-14-44(60-28(2)52)48(24-36)64-32(6)56)42(22-38-12-16-46(62-30(4)54)50(26-38)66-34(8)58)41(21-39)19-37-11-15-45(61-29(3)53)49(25-37)65-33(7)57/h9-16,20-21,23-26H,17-19,22H2,1-8H3. The quantitative estimate of drug-likeness (QED) is 0.0695. The van der Waals surface area contributed by atoms with E-state index in [1.165, 1.54) is 79.7 Å². The number of esters is 8. The van der Waals surface area contributed by atoms with Gasteiger partial charge in [0.1, 0.15) is 0 Å². The summed E-state index contributed by atoms with van der Waals surface area (Å²) in [5.41, 5.74) is 5.63. The SMILES string of the molecule is CC(=O)Oc1ccc(Cc2cc(Cc3ccc(OC(C)=O)c(OC(C)=O)c3)c(Cc3ccc(OC(C)=O)c(OC(C)=O)c3)c(Cc3ccc(OC(C)=O)c(OC(C)=O)c3)c2)cc1OC(C)=O. The van der Waals surface area contributed by atoms with Crippen molar-refractivity contribution < 1.29 is 76.3 Å². The first-order valence-electron chi connectivity index (χ1n) is 20.3. The van der Waals surface area contributed by atoms with E-state index in [2.05, 4.69) is 0 Å². The zero-order valence-electron chi connectivity index (χ0n) is 37.4. The van der Waals surface area contributed by atoms with Crippen molar-refractivity contribution in [1.29, 1.82) is 0 Å². The second kappa shape index (κ2) is 22.0. The molecule has 0 aromatic heterocycles. The van der Waals surface area contributed by atoms with Crippen LogP contribution < -0.4 is 37.9 Å². The van der Waals surface area contributed by atoms with Gasteiger partial charge in [-0.15, -0.1) is 0 Å². The van der Waals surface area contributed by atoms with Gasteiger partial charge >= 0.3 is 47.8 Å². The first-order valence-corrected chi connectivity index (χ1v) is 20.3. The molecule has 0 amide bonds. The molecule has 342 valence electrons. The van der Waals surface area contributed by atoms with E-state index in [0.29, 0.717) is 22.3 Å². The van der Waals surface area contributed by atoms with Crippen molar-refractivity contribution in [3.63, 3.8) is 0 Å². The molecular weight excluding hydrogens is 857 g/mol. The van der Waals surface area contributed by atoms with E-state index < -0.39 is 47.8 Å². The maximum Gasteiger partial charge on any atom is 0.308 e. The lowest BCUT2D eigenvalue weighted by molar-refractivity contribution is -0.134. The van der Waals surface area contributed by atoms with Crippen LogP contribution in [0.2, 0.25) is 0 Å². The van der Waals surface area contributed by atoms with Crippen LogP contribution in [0, 0.1) is 0 Å². The van der Waals surface area contributed by atoms with Crippen molar-refractivity contribution in [2.45, 2.75) is 81.1 Å². The van der Waals surface area contributed by atoms with Gasteiger partial charge in [-0.3, -0.25) is 38.4 Å². The van der Waals surface area contributed by atoms with Crippen molar-refractivity contribution in [3.8, 4) is 46.0 Å². The number of hydrogen-bond donors (Lipinski definition) is 0. The van der Waals surface area contributed by atoms with Crippen molar-refractivity contribution in [1.82, 2.24) is 0 Å². The van der Waals surface area contributed by atoms with Crippen LogP contribution >= 0.6 is 0 Å². The molecule has 0 saturated heterocycles. The summed E-state index contributed by atoms with van der Waals surface area (Å²) in [4.78, 5) is 96.4. The van der Waals surface area contributed by atoms with E-state index in [9.17, 15) is 38.4 Å². The second-order valence-corrected chi connectivity index (χ2v) is 15.0. The Morgan fingerprint density at radius 3 is 0.758 bits per heavy atom. The van der Waals surface area contributed by atoms with Crippen LogP contribution in [0.1, 0.15) is 99.9 Å². The lowest BCUT2D eigenvalue weighted by Gasteiger charge is -2.20. The Kier molecular flexibility index (Phi) is 16.3. The molecule has 5 rings (SSSR count). The monoisotopic (exact) mass is 902 g/mol. The molecule has 0 N–H and O–H groups in total. The summed E-state index contributed by atoms with van der Waals surface area (Å²) < 4.78 is 43.1. The maximum atomic E-state index is 12.2. The topological polar surface area (TPSA) is 210 Å². The predicted octanol–water partition coefficient (Wildman–Crippen LogP) is 7.45. The van der Waals surface area contributed by atoms with Crippen molar-refractivity contribution in [2.24, 2.45) is 0 Å². The number of benzene rings is 5. The lowest BCUT2D eigenvalue weighted by atomic mass is 9.86. The minimum Gasteiger partial charge on any atom is -0.423 e. The Labute approximate surface area is 379 Å². The molecule has 0 aliphatic carbocycles. The highest BCUT2D eigenvalue weighted by atomic mass is 16.6. The summed E-state index contributed by atoms with van der Waals surface area (Å²) in [5, 5.41) is 0. The first-order chi connectivity index (χ1) is 31.2. The fourth-order valence-electron chi connectivity index (χ4n) is 6.94. The van der Waals surface area contributed by atoms with Crippen molar-refractivity contribution in [2.75, 3.05) is 0 Å². The van der Waals surface area contributed by atoms with Gasteiger partial charge in [-0.05, 0) is 119 Å². The molecule has 0 fully saturated rings. The molecule has 66 heavy (non-hydrogen) atoms. The van der Waals surface area contributed by atoms with Gasteiger partial charge in [-0.1, -0.05) is 36.4 Å². The zero-order chi connectivity index (χ0) is 48.2. The molecule has 0 atom stereocenters. The van der Waals surface area contributed by atoms with Gasteiger partial charge < -0.3 is 37.9 Å². The molecular formula is C50H46O16. The average Bonchev–Trinajstić information content (AvgIpc) is 3.18. The van der Waals surface area contributed by atoms with E-state index in [1.807, 2.05) is 12.1 Å². The summed E-state index contributed by atoms with van der Waals surface area (Å²) in [6.07, 6.45) is 0.886. The van der Waals surface area contributed by atoms with Crippen LogP contribution in [0.4, 0.5) is 0 Å². The highest BCUT2D eigenvalue weighted by Gasteiger charge is 2.21. The molecule has 0 bridgehead atoms. The van der Waals surface area contributed by atoms with Gasteiger partial charge in [0.2, 0.25) is 0 Å². The summed E-state index contributed by atoms with van der Waals surface area (Å²) in [6, 6.07) is 23.2. The molecule has 0 unspecified atom stereocenters. The molecule has 5 aromatic rings. The number of carbonyl (C=O) groups is 8. The van der Waals surface area contributed by atoms with Crippen LogP contribution in [0.25, 0.3) is 0 Å². The third-order valence-electron chi connectivity index (χ3n) is 9.13. The van der Waals surface area contributed by atoms with Gasteiger partial charge in [0.15, 0.2) is 46.0 Å². The smallest absolute Gasteiger partial charge is 0.308 e. The van der Waals surface area contributed by atoms with Gasteiger partial charge in [0.25, 0.3) is 0 Å². The van der Waals surface area contributed by atoms with E-state index >= 15 is 0 Å². The maximum absolute atomic E-state index is 12.2. The largest absolute Gasteiger partial charge is 0.423 e. The van der Waals surface area contributed by atoms with Gasteiger partial charge in [-0.2, -0.15) is 0 Å². The highest BCUT2D eigenvalue weighted by Crippen LogP contribution is 2.37. The second-order valence-electron chi connectivity index (χ2n) is 15.0. The molecule has 0 aliphatic heterocycles. The molecule has 0 saturated carbocycles. The van der Waals surface area contributed by atoms with E-state index in [-0.39, 0.29) is 71.7 Å².